The van der Waals surface area contributed by atoms with E-state index in [1.54, 1.807) is 0 Å². The lowest BCUT2D eigenvalue weighted by atomic mass is 10.1. The molecule has 94 valence electrons. The summed E-state index contributed by atoms with van der Waals surface area (Å²) in [4.78, 5) is 11.1. The normalized spacial score (nSPS) is 11.7. The fraction of sp³-hybridized carbons (Fsp3) is 0.300. The van der Waals surface area contributed by atoms with Crippen LogP contribution >= 0.6 is 11.6 Å². The van der Waals surface area contributed by atoms with E-state index < -0.39 is 23.7 Å². The Morgan fingerprint density at radius 1 is 1.41 bits per heavy atom. The standard InChI is InChI=1S/C10H7ClF4O2/c1-17-7-3-2-5(4-6(7)11)8(16)10(14,15)9(12)13/h2-4,9H,1H3. The summed E-state index contributed by atoms with van der Waals surface area (Å²) in [6.07, 6.45) is -4.06. The molecule has 1 aromatic carbocycles. The van der Waals surface area contributed by atoms with Gasteiger partial charge >= 0.3 is 12.3 Å². The summed E-state index contributed by atoms with van der Waals surface area (Å²) >= 11 is 5.59. The van der Waals surface area contributed by atoms with Gasteiger partial charge in [0.1, 0.15) is 5.75 Å². The van der Waals surface area contributed by atoms with Crippen molar-refractivity contribution in [3.05, 3.63) is 28.8 Å². The molecule has 0 N–H and O–H groups in total. The maximum absolute atomic E-state index is 12.8. The molecule has 0 fully saturated rings. The molecule has 0 aromatic heterocycles. The molecule has 0 aliphatic carbocycles. The minimum atomic E-state index is -4.72. The summed E-state index contributed by atoms with van der Waals surface area (Å²) in [5.41, 5.74) is -0.596. The average Bonchev–Trinajstić information content (AvgIpc) is 2.27. The number of hydrogen-bond acceptors (Lipinski definition) is 2. The SMILES string of the molecule is COc1ccc(C(=O)C(F)(F)C(F)F)cc1Cl. The Bertz CT molecular complexity index is 434. The van der Waals surface area contributed by atoms with Crippen molar-refractivity contribution in [1.29, 1.82) is 0 Å². The Kier molecular flexibility index (Phi) is 3.98. The van der Waals surface area contributed by atoms with Crippen LogP contribution in [0.3, 0.4) is 0 Å². The molecule has 0 aliphatic heterocycles. The first-order valence-electron chi connectivity index (χ1n) is 4.35. The van der Waals surface area contributed by atoms with Crippen LogP contribution in [-0.4, -0.2) is 25.2 Å². The number of rotatable bonds is 4. The second-order valence-electron chi connectivity index (χ2n) is 3.10. The average molecular weight is 271 g/mol. The van der Waals surface area contributed by atoms with E-state index in [0.717, 1.165) is 18.2 Å². The van der Waals surface area contributed by atoms with Gasteiger partial charge in [-0.2, -0.15) is 8.78 Å². The fourth-order valence-corrected chi connectivity index (χ4v) is 1.36. The van der Waals surface area contributed by atoms with Crippen molar-refractivity contribution in [3.8, 4) is 5.75 Å². The number of ether oxygens (including phenoxy) is 1. The highest BCUT2D eigenvalue weighted by Gasteiger charge is 2.49. The molecule has 0 heterocycles. The second-order valence-corrected chi connectivity index (χ2v) is 3.51. The number of halogens is 5. The number of benzene rings is 1. The monoisotopic (exact) mass is 270 g/mol. The lowest BCUT2D eigenvalue weighted by Gasteiger charge is -2.14. The molecule has 0 amide bonds. The lowest BCUT2D eigenvalue weighted by molar-refractivity contribution is -0.0958. The van der Waals surface area contributed by atoms with Gasteiger partial charge in [0.25, 0.3) is 0 Å². The van der Waals surface area contributed by atoms with Gasteiger partial charge in [-0.15, -0.1) is 0 Å². The minimum absolute atomic E-state index is 0.108. The van der Waals surface area contributed by atoms with Gasteiger partial charge in [0, 0.05) is 5.56 Å². The topological polar surface area (TPSA) is 26.3 Å². The van der Waals surface area contributed by atoms with Crippen molar-refractivity contribution in [1.82, 2.24) is 0 Å². The van der Waals surface area contributed by atoms with Crippen LogP contribution in [0.15, 0.2) is 18.2 Å². The summed E-state index contributed by atoms with van der Waals surface area (Å²) in [6, 6.07) is 2.96. The van der Waals surface area contributed by atoms with Crippen LogP contribution in [0.2, 0.25) is 5.02 Å². The zero-order chi connectivity index (χ0) is 13.2. The molecule has 0 saturated heterocycles. The summed E-state index contributed by atoms with van der Waals surface area (Å²) in [6.45, 7) is 0. The van der Waals surface area contributed by atoms with Crippen LogP contribution in [-0.2, 0) is 0 Å². The minimum Gasteiger partial charge on any atom is -0.495 e. The highest BCUT2D eigenvalue weighted by Crippen LogP contribution is 2.31. The van der Waals surface area contributed by atoms with E-state index in [1.165, 1.54) is 7.11 Å². The smallest absolute Gasteiger partial charge is 0.368 e. The third kappa shape index (κ3) is 2.69. The maximum atomic E-state index is 12.8. The third-order valence-corrected chi connectivity index (χ3v) is 2.29. The summed E-state index contributed by atoms with van der Waals surface area (Å²) in [7, 11) is 1.29. The van der Waals surface area contributed by atoms with E-state index in [-0.39, 0.29) is 10.8 Å². The predicted molar refractivity (Wildman–Crippen MR) is 53.3 cm³/mol. The molecule has 7 heteroatoms. The van der Waals surface area contributed by atoms with Crippen LogP contribution in [0, 0.1) is 0 Å². The predicted octanol–water partition coefficient (Wildman–Crippen LogP) is 3.43. The van der Waals surface area contributed by atoms with Gasteiger partial charge < -0.3 is 4.74 Å². The first kappa shape index (κ1) is 13.8. The molecule has 1 aromatic rings. The van der Waals surface area contributed by atoms with Crippen molar-refractivity contribution >= 4 is 17.4 Å². The first-order chi connectivity index (χ1) is 7.80. The van der Waals surface area contributed by atoms with Crippen molar-refractivity contribution in [2.24, 2.45) is 0 Å². The first-order valence-corrected chi connectivity index (χ1v) is 4.72. The Hall–Kier alpha value is -1.30. The fourth-order valence-electron chi connectivity index (χ4n) is 1.10. The molecule has 0 spiro atoms. The largest absolute Gasteiger partial charge is 0.495 e. The van der Waals surface area contributed by atoms with Gasteiger partial charge in [0.2, 0.25) is 5.78 Å². The molecule has 1 rings (SSSR count). The Labute approximate surface area is 99.1 Å². The number of Topliss-reactive ketones (excluding diaryl/α,β-unsaturated/α-hetero) is 1. The Balaban J connectivity index is 3.10. The van der Waals surface area contributed by atoms with Crippen LogP contribution in [0.5, 0.6) is 5.75 Å². The molecule has 0 unspecified atom stereocenters. The highest BCUT2D eigenvalue weighted by atomic mass is 35.5. The van der Waals surface area contributed by atoms with Crippen LogP contribution in [0.25, 0.3) is 0 Å². The zero-order valence-electron chi connectivity index (χ0n) is 8.52. The Morgan fingerprint density at radius 2 is 2.00 bits per heavy atom. The summed E-state index contributed by atoms with van der Waals surface area (Å²) in [5.74, 6) is -6.54. The van der Waals surface area contributed by atoms with Crippen LogP contribution in [0.4, 0.5) is 17.6 Å². The quantitative estimate of drug-likeness (QED) is 0.619. The molecule has 0 bridgehead atoms. The highest BCUT2D eigenvalue weighted by molar-refractivity contribution is 6.32. The van der Waals surface area contributed by atoms with Crippen LogP contribution < -0.4 is 4.74 Å². The molecule has 0 atom stereocenters. The molecule has 0 saturated carbocycles. The van der Waals surface area contributed by atoms with Crippen LogP contribution in [0.1, 0.15) is 10.4 Å². The van der Waals surface area contributed by atoms with E-state index in [1.807, 2.05) is 0 Å². The van der Waals surface area contributed by atoms with E-state index in [0.29, 0.717) is 0 Å². The van der Waals surface area contributed by atoms with Gasteiger partial charge in [0.05, 0.1) is 12.1 Å². The number of hydrogen-bond donors (Lipinski definition) is 0. The summed E-state index contributed by atoms with van der Waals surface area (Å²) in [5, 5.41) is -0.108. The zero-order valence-corrected chi connectivity index (χ0v) is 9.27. The third-order valence-electron chi connectivity index (χ3n) is 1.99. The van der Waals surface area contributed by atoms with Gasteiger partial charge in [-0.05, 0) is 18.2 Å². The van der Waals surface area contributed by atoms with E-state index in [9.17, 15) is 22.4 Å². The van der Waals surface area contributed by atoms with Gasteiger partial charge in [-0.25, -0.2) is 8.78 Å². The van der Waals surface area contributed by atoms with E-state index in [4.69, 9.17) is 16.3 Å². The molecule has 17 heavy (non-hydrogen) atoms. The molecule has 0 aliphatic rings. The number of carbonyl (C=O) groups is 1. The van der Waals surface area contributed by atoms with Crippen molar-refractivity contribution in [2.75, 3.05) is 7.11 Å². The number of methoxy groups -OCH3 is 1. The number of carbonyl (C=O) groups excluding carboxylic acids is 1. The van der Waals surface area contributed by atoms with Gasteiger partial charge in [-0.1, -0.05) is 11.6 Å². The lowest BCUT2D eigenvalue weighted by Crippen LogP contribution is -2.36. The van der Waals surface area contributed by atoms with Crippen molar-refractivity contribution < 1.29 is 27.1 Å². The van der Waals surface area contributed by atoms with E-state index >= 15 is 0 Å². The summed E-state index contributed by atoms with van der Waals surface area (Å²) < 4.78 is 54.2. The molecule has 0 radical (unpaired) electrons. The molecule has 2 nitrogen and oxygen atoms in total. The Morgan fingerprint density at radius 3 is 2.41 bits per heavy atom. The second kappa shape index (κ2) is 4.91. The van der Waals surface area contributed by atoms with Gasteiger partial charge in [0.15, 0.2) is 0 Å². The van der Waals surface area contributed by atoms with Gasteiger partial charge in [-0.3, -0.25) is 4.79 Å². The molecular formula is C10H7ClF4O2. The number of ketones is 1. The molecular weight excluding hydrogens is 264 g/mol. The van der Waals surface area contributed by atoms with Crippen molar-refractivity contribution in [2.45, 2.75) is 12.3 Å². The number of alkyl halides is 4. The van der Waals surface area contributed by atoms with E-state index in [2.05, 4.69) is 0 Å². The maximum Gasteiger partial charge on any atom is 0.368 e. The van der Waals surface area contributed by atoms with Crippen molar-refractivity contribution in [3.63, 3.8) is 0 Å².